The maximum absolute atomic E-state index is 12.1. The van der Waals surface area contributed by atoms with Crippen molar-refractivity contribution in [3.8, 4) is 0 Å². The lowest BCUT2D eigenvalue weighted by atomic mass is 10.2. The van der Waals surface area contributed by atoms with Gasteiger partial charge in [0.05, 0.1) is 18.0 Å². The molecule has 0 saturated carbocycles. The van der Waals surface area contributed by atoms with Gasteiger partial charge in [0.25, 0.3) is 5.91 Å². The topological polar surface area (TPSA) is 70.5 Å². The third kappa shape index (κ3) is 2.98. The van der Waals surface area contributed by atoms with Crippen molar-refractivity contribution < 1.29 is 14.7 Å². The van der Waals surface area contributed by atoms with Crippen LogP contribution < -0.4 is 0 Å². The van der Waals surface area contributed by atoms with Crippen LogP contribution >= 0.6 is 23.1 Å². The molecule has 1 aromatic heterocycles. The third-order valence-corrected chi connectivity index (χ3v) is 4.23. The summed E-state index contributed by atoms with van der Waals surface area (Å²) in [6.07, 6.45) is 0.00285. The van der Waals surface area contributed by atoms with Crippen LogP contribution in [0.3, 0.4) is 0 Å². The van der Waals surface area contributed by atoms with Crippen LogP contribution in [0.25, 0.3) is 0 Å². The number of carbonyl (C=O) groups is 2. The Morgan fingerprint density at radius 1 is 1.59 bits per heavy atom. The summed E-state index contributed by atoms with van der Waals surface area (Å²) in [7, 11) is 0. The Morgan fingerprint density at radius 3 is 3.06 bits per heavy atom. The molecule has 17 heavy (non-hydrogen) atoms. The third-order valence-electron chi connectivity index (χ3n) is 2.55. The lowest BCUT2D eigenvalue weighted by Crippen LogP contribution is -2.47. The molecule has 1 aliphatic heterocycles. The molecule has 1 fully saturated rings. The van der Waals surface area contributed by atoms with E-state index in [2.05, 4.69) is 4.98 Å². The van der Waals surface area contributed by atoms with E-state index in [0.717, 1.165) is 5.75 Å². The first-order chi connectivity index (χ1) is 8.18. The fourth-order valence-electron chi connectivity index (χ4n) is 1.76. The summed E-state index contributed by atoms with van der Waals surface area (Å²) < 4.78 is 0. The number of carboxylic acids is 1. The predicted molar refractivity (Wildman–Crippen MR) is 66.5 cm³/mol. The van der Waals surface area contributed by atoms with Gasteiger partial charge in [0, 0.05) is 23.4 Å². The molecule has 0 aliphatic carbocycles. The van der Waals surface area contributed by atoms with Crippen LogP contribution in [0.1, 0.15) is 16.9 Å². The molecule has 1 saturated heterocycles. The van der Waals surface area contributed by atoms with Gasteiger partial charge < -0.3 is 10.0 Å². The minimum atomic E-state index is -0.867. The Hall–Kier alpha value is -1.08. The summed E-state index contributed by atoms with van der Waals surface area (Å²) in [6, 6.07) is -0.222. The molecule has 2 heterocycles. The molecule has 0 radical (unpaired) electrons. The van der Waals surface area contributed by atoms with Crippen LogP contribution in [-0.2, 0) is 4.79 Å². The summed E-state index contributed by atoms with van der Waals surface area (Å²) >= 11 is 3.06. The van der Waals surface area contributed by atoms with E-state index >= 15 is 0 Å². The molecular formula is C10H12N2O3S2. The molecule has 1 amide bonds. The average Bonchev–Trinajstić information content (AvgIpc) is 2.81. The Balaban J connectivity index is 2.10. The van der Waals surface area contributed by atoms with Crippen LogP contribution in [0.5, 0.6) is 0 Å². The van der Waals surface area contributed by atoms with Crippen LogP contribution in [0.15, 0.2) is 10.9 Å². The zero-order valence-electron chi connectivity index (χ0n) is 9.04. The van der Waals surface area contributed by atoms with E-state index in [0.29, 0.717) is 18.0 Å². The van der Waals surface area contributed by atoms with Crippen LogP contribution in [-0.4, -0.2) is 51.0 Å². The Labute approximate surface area is 107 Å². The smallest absolute Gasteiger partial charge is 0.305 e. The van der Waals surface area contributed by atoms with Crippen molar-refractivity contribution in [2.45, 2.75) is 12.5 Å². The first kappa shape index (κ1) is 12.4. The number of thiazole rings is 1. The Morgan fingerprint density at radius 2 is 2.41 bits per heavy atom. The van der Waals surface area contributed by atoms with Gasteiger partial charge in [-0.25, -0.2) is 4.98 Å². The molecule has 1 aromatic rings. The van der Waals surface area contributed by atoms with E-state index in [-0.39, 0.29) is 18.4 Å². The van der Waals surface area contributed by atoms with Crippen molar-refractivity contribution in [3.05, 3.63) is 16.6 Å². The number of hydrogen-bond acceptors (Lipinski definition) is 5. The van der Waals surface area contributed by atoms with Gasteiger partial charge in [-0.1, -0.05) is 0 Å². The summed E-state index contributed by atoms with van der Waals surface area (Å²) in [5, 5.41) is 10.5. The van der Waals surface area contributed by atoms with Gasteiger partial charge in [-0.2, -0.15) is 11.8 Å². The molecule has 7 heteroatoms. The van der Waals surface area contributed by atoms with Crippen LogP contribution in [0, 0.1) is 0 Å². The molecule has 92 valence electrons. The standard InChI is InChI=1S/C10H12N2O3S2/c13-9(14)3-7-4-16-2-1-12(7)10(15)8-5-17-6-11-8/h5-7H,1-4H2,(H,13,14). The molecule has 2 rings (SSSR count). The number of carbonyl (C=O) groups excluding carboxylic acids is 1. The highest BCUT2D eigenvalue weighted by atomic mass is 32.2. The minimum absolute atomic E-state index is 0.00285. The molecular weight excluding hydrogens is 260 g/mol. The minimum Gasteiger partial charge on any atom is -0.481 e. The first-order valence-electron chi connectivity index (χ1n) is 5.17. The SMILES string of the molecule is O=C(O)CC1CSCCN1C(=O)c1cscn1. The van der Waals surface area contributed by atoms with Gasteiger partial charge in [0.1, 0.15) is 5.69 Å². The van der Waals surface area contributed by atoms with Crippen LogP contribution in [0.4, 0.5) is 0 Å². The lowest BCUT2D eigenvalue weighted by Gasteiger charge is -2.34. The van der Waals surface area contributed by atoms with E-state index in [1.165, 1.54) is 11.3 Å². The maximum Gasteiger partial charge on any atom is 0.305 e. The van der Waals surface area contributed by atoms with E-state index in [9.17, 15) is 9.59 Å². The van der Waals surface area contributed by atoms with E-state index < -0.39 is 5.97 Å². The number of aliphatic carboxylic acids is 1. The molecule has 0 spiro atoms. The molecule has 1 aliphatic rings. The lowest BCUT2D eigenvalue weighted by molar-refractivity contribution is -0.138. The second kappa shape index (κ2) is 5.50. The fourth-order valence-corrected chi connectivity index (χ4v) is 3.35. The summed E-state index contributed by atoms with van der Waals surface area (Å²) in [4.78, 5) is 28.5. The quantitative estimate of drug-likeness (QED) is 0.894. The number of rotatable bonds is 3. The highest BCUT2D eigenvalue weighted by Gasteiger charge is 2.30. The van der Waals surface area contributed by atoms with Gasteiger partial charge in [-0.05, 0) is 0 Å². The summed E-state index contributed by atoms with van der Waals surface area (Å²) in [6.45, 7) is 0.596. The monoisotopic (exact) mass is 272 g/mol. The van der Waals surface area contributed by atoms with Crippen molar-refractivity contribution in [2.75, 3.05) is 18.1 Å². The molecule has 1 N–H and O–H groups in total. The second-order valence-corrected chi connectivity index (χ2v) is 5.57. The molecule has 1 unspecified atom stereocenters. The number of amides is 1. The first-order valence-corrected chi connectivity index (χ1v) is 7.27. The van der Waals surface area contributed by atoms with Gasteiger partial charge >= 0.3 is 5.97 Å². The molecule has 0 aromatic carbocycles. The van der Waals surface area contributed by atoms with Crippen LogP contribution in [0.2, 0.25) is 0 Å². The van der Waals surface area contributed by atoms with Gasteiger partial charge in [-0.15, -0.1) is 11.3 Å². The number of nitrogens with zero attached hydrogens (tertiary/aromatic N) is 2. The number of carboxylic acid groups (broad SMARTS) is 1. The largest absolute Gasteiger partial charge is 0.481 e. The van der Waals surface area contributed by atoms with E-state index in [1.807, 2.05) is 0 Å². The van der Waals surface area contributed by atoms with Crippen molar-refractivity contribution in [1.29, 1.82) is 0 Å². The average molecular weight is 272 g/mol. The second-order valence-electron chi connectivity index (χ2n) is 3.70. The highest BCUT2D eigenvalue weighted by Crippen LogP contribution is 2.21. The van der Waals surface area contributed by atoms with E-state index in [4.69, 9.17) is 5.11 Å². The fraction of sp³-hybridized carbons (Fsp3) is 0.500. The molecule has 1 atom stereocenters. The van der Waals surface area contributed by atoms with Crippen molar-refractivity contribution in [1.82, 2.24) is 9.88 Å². The number of hydrogen-bond donors (Lipinski definition) is 1. The number of aromatic nitrogens is 1. The van der Waals surface area contributed by atoms with Gasteiger partial charge in [0.15, 0.2) is 0 Å². The molecule has 0 bridgehead atoms. The predicted octanol–water partition coefficient (Wildman–Crippen LogP) is 1.18. The summed E-state index contributed by atoms with van der Waals surface area (Å²) in [5.74, 6) is 0.514. The Kier molecular flexibility index (Phi) is 4.01. The van der Waals surface area contributed by atoms with E-state index in [1.54, 1.807) is 27.6 Å². The van der Waals surface area contributed by atoms with Gasteiger partial charge in [-0.3, -0.25) is 9.59 Å². The van der Waals surface area contributed by atoms with Crippen molar-refractivity contribution >= 4 is 35.0 Å². The zero-order chi connectivity index (χ0) is 12.3. The maximum atomic E-state index is 12.1. The zero-order valence-corrected chi connectivity index (χ0v) is 10.7. The number of thioether (sulfide) groups is 1. The van der Waals surface area contributed by atoms with Crippen molar-refractivity contribution in [3.63, 3.8) is 0 Å². The Bertz CT molecular complexity index is 408. The van der Waals surface area contributed by atoms with Gasteiger partial charge in [0.2, 0.25) is 0 Å². The van der Waals surface area contributed by atoms with Crippen molar-refractivity contribution in [2.24, 2.45) is 0 Å². The normalized spacial score (nSPS) is 20.2. The highest BCUT2D eigenvalue weighted by molar-refractivity contribution is 7.99. The summed E-state index contributed by atoms with van der Waals surface area (Å²) in [5.41, 5.74) is 2.02. The molecule has 5 nitrogen and oxygen atoms in total.